The molecule has 2 N–H and O–H groups in total. The topological polar surface area (TPSA) is 76.3 Å². The minimum atomic E-state index is -3.27. The molecular formula is C12H19N3O2S2. The minimum absolute atomic E-state index is 0.189. The molecule has 106 valence electrons. The fourth-order valence-corrected chi connectivity index (χ4v) is 5.92. The number of hydrogen-bond donors (Lipinski definition) is 1. The second-order valence-corrected chi connectivity index (χ2v) is 8.26. The Hall–Kier alpha value is -0.820. The monoisotopic (exact) mass is 301 g/mol. The lowest BCUT2D eigenvalue weighted by atomic mass is 10.2. The van der Waals surface area contributed by atoms with Crippen molar-refractivity contribution >= 4 is 32.2 Å². The molecule has 0 bridgehead atoms. The Morgan fingerprint density at radius 3 is 2.79 bits per heavy atom. The Morgan fingerprint density at radius 2 is 2.16 bits per heavy atom. The lowest BCUT2D eigenvalue weighted by molar-refractivity contribution is 0.594. The molecule has 2 fully saturated rings. The first-order chi connectivity index (χ1) is 9.05. The first-order valence-electron chi connectivity index (χ1n) is 6.81. The summed E-state index contributed by atoms with van der Waals surface area (Å²) in [4.78, 5) is 2.50. The molecule has 2 heterocycles. The minimum Gasteiger partial charge on any atom is -0.382 e. The predicted molar refractivity (Wildman–Crippen MR) is 77.4 cm³/mol. The van der Waals surface area contributed by atoms with E-state index in [9.17, 15) is 8.42 Å². The third kappa shape index (κ3) is 2.12. The summed E-state index contributed by atoms with van der Waals surface area (Å²) in [5, 5.41) is 0.543. The van der Waals surface area contributed by atoms with Crippen LogP contribution in [0.1, 0.15) is 39.0 Å². The van der Waals surface area contributed by atoms with Crippen LogP contribution in [0, 0.1) is 0 Å². The van der Waals surface area contributed by atoms with Crippen molar-refractivity contribution in [3.63, 3.8) is 0 Å². The SMILES string of the molecule is CCC1CCCN1c1snc(N)c1S(=O)(=O)C1CC1. The average Bonchev–Trinajstić information content (AvgIpc) is 3.01. The Bertz CT molecular complexity index is 578. The molecule has 0 amide bonds. The van der Waals surface area contributed by atoms with Gasteiger partial charge in [-0.3, -0.25) is 0 Å². The van der Waals surface area contributed by atoms with E-state index in [4.69, 9.17) is 5.73 Å². The molecule has 1 saturated carbocycles. The van der Waals surface area contributed by atoms with Crippen LogP contribution in [0.5, 0.6) is 0 Å². The fraction of sp³-hybridized carbons (Fsp3) is 0.750. The Morgan fingerprint density at radius 1 is 1.42 bits per heavy atom. The summed E-state index contributed by atoms with van der Waals surface area (Å²) in [6, 6.07) is 0.424. The molecule has 2 aliphatic rings. The second kappa shape index (κ2) is 4.63. The van der Waals surface area contributed by atoms with Crippen molar-refractivity contribution in [2.75, 3.05) is 17.2 Å². The molecule has 1 unspecified atom stereocenters. The number of nitrogens with zero attached hydrogens (tertiary/aromatic N) is 2. The van der Waals surface area contributed by atoms with Gasteiger partial charge in [0, 0.05) is 12.6 Å². The zero-order valence-corrected chi connectivity index (χ0v) is 12.6. The van der Waals surface area contributed by atoms with E-state index < -0.39 is 9.84 Å². The van der Waals surface area contributed by atoms with E-state index in [-0.39, 0.29) is 11.1 Å². The van der Waals surface area contributed by atoms with E-state index in [1.54, 1.807) is 0 Å². The Kier molecular flexibility index (Phi) is 3.21. The van der Waals surface area contributed by atoms with Gasteiger partial charge in [0.05, 0.1) is 5.25 Å². The van der Waals surface area contributed by atoms with Crippen molar-refractivity contribution in [3.8, 4) is 0 Å². The average molecular weight is 301 g/mol. The molecule has 5 nitrogen and oxygen atoms in total. The number of aromatic nitrogens is 1. The highest BCUT2D eigenvalue weighted by Gasteiger charge is 2.42. The summed E-state index contributed by atoms with van der Waals surface area (Å²) < 4.78 is 29.1. The van der Waals surface area contributed by atoms with Crippen molar-refractivity contribution in [3.05, 3.63) is 0 Å². The Labute approximate surface area is 117 Å². The van der Waals surface area contributed by atoms with Crippen LogP contribution in [-0.2, 0) is 9.84 Å². The van der Waals surface area contributed by atoms with Crippen LogP contribution < -0.4 is 10.6 Å². The van der Waals surface area contributed by atoms with Gasteiger partial charge in [-0.05, 0) is 43.6 Å². The zero-order chi connectivity index (χ0) is 13.6. The van der Waals surface area contributed by atoms with Crippen LogP contribution >= 0.6 is 11.5 Å². The second-order valence-electron chi connectivity index (χ2n) is 5.34. The third-order valence-electron chi connectivity index (χ3n) is 4.01. The molecule has 1 saturated heterocycles. The largest absolute Gasteiger partial charge is 0.382 e. The highest BCUT2D eigenvalue weighted by atomic mass is 32.2. The molecule has 7 heteroatoms. The number of nitrogens with two attached hydrogens (primary N) is 1. The molecular weight excluding hydrogens is 282 g/mol. The van der Waals surface area contributed by atoms with Crippen molar-refractivity contribution < 1.29 is 8.42 Å². The van der Waals surface area contributed by atoms with Crippen molar-refractivity contribution in [1.29, 1.82) is 0 Å². The summed E-state index contributed by atoms with van der Waals surface area (Å²) in [5.74, 6) is 0.189. The number of sulfone groups is 1. The molecule has 1 aromatic heterocycles. The number of hydrogen-bond acceptors (Lipinski definition) is 6. The van der Waals surface area contributed by atoms with Gasteiger partial charge in [0.1, 0.15) is 9.90 Å². The van der Waals surface area contributed by atoms with Crippen molar-refractivity contribution in [2.24, 2.45) is 0 Å². The van der Waals surface area contributed by atoms with Crippen LogP contribution in [0.3, 0.4) is 0 Å². The van der Waals surface area contributed by atoms with E-state index in [0.29, 0.717) is 10.9 Å². The van der Waals surface area contributed by atoms with E-state index in [1.807, 2.05) is 0 Å². The number of anilines is 2. The molecule has 0 aromatic carbocycles. The maximum atomic E-state index is 12.5. The van der Waals surface area contributed by atoms with Crippen LogP contribution in [0.25, 0.3) is 0 Å². The Balaban J connectivity index is 2.03. The van der Waals surface area contributed by atoms with Crippen LogP contribution in [0.2, 0.25) is 0 Å². The van der Waals surface area contributed by atoms with Gasteiger partial charge in [-0.15, -0.1) is 0 Å². The number of rotatable bonds is 4. The summed E-state index contributed by atoms with van der Waals surface area (Å²) in [6.45, 7) is 3.05. The van der Waals surface area contributed by atoms with Gasteiger partial charge in [0.25, 0.3) is 0 Å². The standard InChI is InChI=1S/C12H19N3O2S2/c1-2-8-4-3-7-15(8)12-10(11(13)14-18-12)19(16,17)9-5-6-9/h8-9H,2-7H2,1H3,(H2,13,14). The lowest BCUT2D eigenvalue weighted by Crippen LogP contribution is -2.29. The fourth-order valence-electron chi connectivity index (χ4n) is 2.81. The van der Waals surface area contributed by atoms with Crippen molar-refractivity contribution in [1.82, 2.24) is 4.37 Å². The summed E-state index contributed by atoms with van der Waals surface area (Å²) in [7, 11) is -3.27. The zero-order valence-electron chi connectivity index (χ0n) is 11.0. The molecule has 3 rings (SSSR count). The van der Waals surface area contributed by atoms with Gasteiger partial charge in [0.2, 0.25) is 0 Å². The van der Waals surface area contributed by atoms with Crippen LogP contribution in [-0.4, -0.2) is 30.6 Å². The predicted octanol–water partition coefficient (Wildman–Crippen LogP) is 2.04. The summed E-state index contributed by atoms with van der Waals surface area (Å²) >= 11 is 1.24. The van der Waals surface area contributed by atoms with Gasteiger partial charge < -0.3 is 10.6 Å². The summed E-state index contributed by atoms with van der Waals surface area (Å²) in [5.41, 5.74) is 5.84. The molecule has 19 heavy (non-hydrogen) atoms. The van der Waals surface area contributed by atoms with E-state index >= 15 is 0 Å². The lowest BCUT2D eigenvalue weighted by Gasteiger charge is -2.24. The van der Waals surface area contributed by atoms with E-state index in [1.165, 1.54) is 11.5 Å². The third-order valence-corrected chi connectivity index (χ3v) is 7.36. The van der Waals surface area contributed by atoms with E-state index in [2.05, 4.69) is 16.2 Å². The van der Waals surface area contributed by atoms with Crippen LogP contribution in [0.4, 0.5) is 10.8 Å². The van der Waals surface area contributed by atoms with Gasteiger partial charge in [-0.2, -0.15) is 4.37 Å². The maximum Gasteiger partial charge on any atom is 0.187 e. The maximum absolute atomic E-state index is 12.5. The summed E-state index contributed by atoms with van der Waals surface area (Å²) in [6.07, 6.45) is 4.78. The molecule has 0 spiro atoms. The smallest absolute Gasteiger partial charge is 0.187 e. The van der Waals surface area contributed by atoms with Crippen LogP contribution in [0.15, 0.2) is 4.90 Å². The molecule has 1 aliphatic heterocycles. The van der Waals surface area contributed by atoms with Gasteiger partial charge >= 0.3 is 0 Å². The molecule has 1 aliphatic carbocycles. The highest BCUT2D eigenvalue weighted by molar-refractivity contribution is 7.92. The highest BCUT2D eigenvalue weighted by Crippen LogP contribution is 2.44. The molecule has 1 atom stereocenters. The molecule has 1 aromatic rings. The molecule has 0 radical (unpaired) electrons. The number of nitrogen functional groups attached to an aromatic ring is 1. The quantitative estimate of drug-likeness (QED) is 0.921. The van der Waals surface area contributed by atoms with Crippen molar-refractivity contribution in [2.45, 2.75) is 55.2 Å². The first-order valence-corrected chi connectivity index (χ1v) is 9.13. The van der Waals surface area contributed by atoms with Gasteiger partial charge in [-0.25, -0.2) is 8.42 Å². The van der Waals surface area contributed by atoms with Gasteiger partial charge in [-0.1, -0.05) is 6.92 Å². The van der Waals surface area contributed by atoms with Gasteiger partial charge in [0.15, 0.2) is 15.7 Å². The normalized spacial score (nSPS) is 24.1. The first kappa shape index (κ1) is 13.2. The van der Waals surface area contributed by atoms with E-state index in [0.717, 1.165) is 43.6 Å².